The molecule has 5 heteroatoms. The number of para-hydroxylation sites is 1. The standard InChI is InChI=1S/C12H14N2O2S/c1-12(2,7-15)14-10(16)11-13-8-5-3-4-6-9(8)17-11/h3-6,15H,7H2,1-2H3,(H,14,16). The summed E-state index contributed by atoms with van der Waals surface area (Å²) in [5.41, 5.74) is 0.194. The number of aromatic nitrogens is 1. The molecule has 0 bridgehead atoms. The molecule has 0 atom stereocenters. The fraction of sp³-hybridized carbons (Fsp3) is 0.333. The number of carbonyl (C=O) groups is 1. The van der Waals surface area contributed by atoms with Gasteiger partial charge >= 0.3 is 0 Å². The largest absolute Gasteiger partial charge is 0.394 e. The maximum absolute atomic E-state index is 11.9. The average Bonchev–Trinajstić information content (AvgIpc) is 2.72. The van der Waals surface area contributed by atoms with Crippen molar-refractivity contribution >= 4 is 27.5 Å². The number of aliphatic hydroxyl groups excluding tert-OH is 1. The highest BCUT2D eigenvalue weighted by molar-refractivity contribution is 7.20. The molecule has 0 spiro atoms. The molecule has 1 heterocycles. The molecule has 0 aliphatic carbocycles. The van der Waals surface area contributed by atoms with Gasteiger partial charge in [0.15, 0.2) is 5.01 Å². The van der Waals surface area contributed by atoms with E-state index in [1.807, 2.05) is 24.3 Å². The van der Waals surface area contributed by atoms with E-state index in [-0.39, 0.29) is 12.5 Å². The lowest BCUT2D eigenvalue weighted by atomic mass is 10.1. The second-order valence-corrected chi connectivity index (χ2v) is 5.51. The first-order chi connectivity index (χ1) is 8.02. The van der Waals surface area contributed by atoms with Gasteiger partial charge in [-0.1, -0.05) is 12.1 Å². The lowest BCUT2D eigenvalue weighted by Gasteiger charge is -2.22. The Bertz CT molecular complexity index is 515. The van der Waals surface area contributed by atoms with Crippen LogP contribution in [0.1, 0.15) is 23.6 Å². The van der Waals surface area contributed by atoms with Crippen LogP contribution in [0.2, 0.25) is 0 Å². The van der Waals surface area contributed by atoms with E-state index >= 15 is 0 Å². The number of aliphatic hydroxyl groups is 1. The molecule has 17 heavy (non-hydrogen) atoms. The van der Waals surface area contributed by atoms with Crippen LogP contribution >= 0.6 is 11.3 Å². The van der Waals surface area contributed by atoms with Gasteiger partial charge in [-0.05, 0) is 26.0 Å². The smallest absolute Gasteiger partial charge is 0.280 e. The van der Waals surface area contributed by atoms with Crippen LogP contribution < -0.4 is 5.32 Å². The molecule has 1 aromatic carbocycles. The molecular weight excluding hydrogens is 236 g/mol. The molecule has 0 aliphatic rings. The van der Waals surface area contributed by atoms with Crippen molar-refractivity contribution in [3.05, 3.63) is 29.3 Å². The summed E-state index contributed by atoms with van der Waals surface area (Å²) in [4.78, 5) is 16.2. The Kier molecular flexibility index (Phi) is 3.13. The van der Waals surface area contributed by atoms with Crippen LogP contribution in [0.25, 0.3) is 10.2 Å². The van der Waals surface area contributed by atoms with Crippen LogP contribution in [0.15, 0.2) is 24.3 Å². The zero-order chi connectivity index (χ0) is 12.5. The summed E-state index contributed by atoms with van der Waals surface area (Å²) in [6, 6.07) is 7.61. The fourth-order valence-corrected chi connectivity index (χ4v) is 2.23. The van der Waals surface area contributed by atoms with E-state index in [9.17, 15) is 4.79 Å². The van der Waals surface area contributed by atoms with E-state index < -0.39 is 5.54 Å². The monoisotopic (exact) mass is 250 g/mol. The number of hydrogen-bond acceptors (Lipinski definition) is 4. The highest BCUT2D eigenvalue weighted by Gasteiger charge is 2.22. The summed E-state index contributed by atoms with van der Waals surface area (Å²) in [6.07, 6.45) is 0. The highest BCUT2D eigenvalue weighted by Crippen LogP contribution is 2.21. The Morgan fingerprint density at radius 3 is 2.82 bits per heavy atom. The van der Waals surface area contributed by atoms with Crippen molar-refractivity contribution < 1.29 is 9.90 Å². The molecular formula is C12H14N2O2S. The zero-order valence-corrected chi connectivity index (χ0v) is 10.5. The van der Waals surface area contributed by atoms with Crippen molar-refractivity contribution in [3.63, 3.8) is 0 Å². The van der Waals surface area contributed by atoms with Gasteiger partial charge in [-0.15, -0.1) is 11.3 Å². The van der Waals surface area contributed by atoms with E-state index in [1.165, 1.54) is 11.3 Å². The van der Waals surface area contributed by atoms with Gasteiger partial charge < -0.3 is 10.4 Å². The predicted molar refractivity (Wildman–Crippen MR) is 68.3 cm³/mol. The number of carbonyl (C=O) groups excluding carboxylic acids is 1. The zero-order valence-electron chi connectivity index (χ0n) is 9.73. The van der Waals surface area contributed by atoms with E-state index in [0.29, 0.717) is 5.01 Å². The first kappa shape index (κ1) is 12.0. The van der Waals surface area contributed by atoms with Crippen molar-refractivity contribution in [1.82, 2.24) is 10.3 Å². The minimum Gasteiger partial charge on any atom is -0.394 e. The molecule has 2 N–H and O–H groups in total. The van der Waals surface area contributed by atoms with E-state index in [1.54, 1.807) is 13.8 Å². The molecule has 2 aromatic rings. The average molecular weight is 250 g/mol. The van der Waals surface area contributed by atoms with Crippen LogP contribution in [-0.2, 0) is 0 Å². The van der Waals surface area contributed by atoms with Crippen molar-refractivity contribution in [2.45, 2.75) is 19.4 Å². The molecule has 0 fully saturated rings. The summed E-state index contributed by atoms with van der Waals surface area (Å²) in [7, 11) is 0. The van der Waals surface area contributed by atoms with E-state index in [4.69, 9.17) is 5.11 Å². The van der Waals surface area contributed by atoms with Crippen molar-refractivity contribution in [2.75, 3.05) is 6.61 Å². The predicted octanol–water partition coefficient (Wildman–Crippen LogP) is 1.80. The van der Waals surface area contributed by atoms with Gasteiger partial charge in [0.25, 0.3) is 5.91 Å². The molecule has 2 rings (SSSR count). The summed E-state index contributed by atoms with van der Waals surface area (Å²) < 4.78 is 0.986. The minimum absolute atomic E-state index is 0.108. The van der Waals surface area contributed by atoms with Crippen molar-refractivity contribution in [3.8, 4) is 0 Å². The lowest BCUT2D eigenvalue weighted by molar-refractivity contribution is 0.0869. The van der Waals surface area contributed by atoms with Crippen LogP contribution in [-0.4, -0.2) is 28.1 Å². The Morgan fingerprint density at radius 1 is 1.47 bits per heavy atom. The first-order valence-corrected chi connectivity index (χ1v) is 6.12. The molecule has 0 aliphatic heterocycles. The third-order valence-corrected chi connectivity index (χ3v) is 3.37. The quantitative estimate of drug-likeness (QED) is 0.873. The minimum atomic E-state index is -0.630. The van der Waals surface area contributed by atoms with Gasteiger partial charge in [0, 0.05) is 0 Å². The van der Waals surface area contributed by atoms with E-state index in [2.05, 4.69) is 10.3 Å². The Hall–Kier alpha value is -1.46. The highest BCUT2D eigenvalue weighted by atomic mass is 32.1. The van der Waals surface area contributed by atoms with Crippen molar-refractivity contribution in [2.24, 2.45) is 0 Å². The number of benzene rings is 1. The number of nitrogens with zero attached hydrogens (tertiary/aromatic N) is 1. The number of nitrogens with one attached hydrogen (secondary N) is 1. The van der Waals surface area contributed by atoms with Gasteiger partial charge in [0.2, 0.25) is 0 Å². The number of thiazole rings is 1. The number of hydrogen-bond donors (Lipinski definition) is 2. The first-order valence-electron chi connectivity index (χ1n) is 5.31. The Morgan fingerprint density at radius 2 is 2.18 bits per heavy atom. The molecule has 1 amide bonds. The van der Waals surface area contributed by atoms with Gasteiger partial charge in [-0.25, -0.2) is 4.98 Å². The third kappa shape index (κ3) is 2.62. The van der Waals surface area contributed by atoms with Crippen molar-refractivity contribution in [1.29, 1.82) is 0 Å². The maximum atomic E-state index is 11.9. The topological polar surface area (TPSA) is 62.2 Å². The van der Waals surface area contributed by atoms with Crippen LogP contribution in [0.4, 0.5) is 0 Å². The molecule has 0 unspecified atom stereocenters. The number of amides is 1. The van der Waals surface area contributed by atoms with Gasteiger partial charge in [-0.2, -0.15) is 0 Å². The molecule has 1 aromatic heterocycles. The van der Waals surface area contributed by atoms with Crippen LogP contribution in [0.3, 0.4) is 0 Å². The SMILES string of the molecule is CC(C)(CO)NC(=O)c1nc2ccccc2s1. The summed E-state index contributed by atoms with van der Waals surface area (Å²) in [6.45, 7) is 3.42. The van der Waals surface area contributed by atoms with Crippen LogP contribution in [0.5, 0.6) is 0 Å². The molecule has 4 nitrogen and oxygen atoms in total. The molecule has 0 saturated carbocycles. The fourth-order valence-electron chi connectivity index (χ4n) is 1.37. The third-order valence-electron chi connectivity index (χ3n) is 2.34. The van der Waals surface area contributed by atoms with Gasteiger partial charge in [0.1, 0.15) is 0 Å². The summed E-state index contributed by atoms with van der Waals surface area (Å²) >= 11 is 1.35. The van der Waals surface area contributed by atoms with Gasteiger partial charge in [0.05, 0.1) is 22.4 Å². The molecule has 90 valence electrons. The summed E-state index contributed by atoms with van der Waals surface area (Å²) in [5, 5.41) is 12.3. The summed E-state index contributed by atoms with van der Waals surface area (Å²) in [5.74, 6) is -0.245. The van der Waals surface area contributed by atoms with E-state index in [0.717, 1.165) is 10.2 Å². The number of rotatable bonds is 3. The Labute approximate surface area is 103 Å². The normalized spacial score (nSPS) is 11.7. The second kappa shape index (κ2) is 4.43. The Balaban J connectivity index is 2.25. The second-order valence-electron chi connectivity index (χ2n) is 4.48. The lowest BCUT2D eigenvalue weighted by Crippen LogP contribution is -2.46. The van der Waals surface area contributed by atoms with Crippen LogP contribution in [0, 0.1) is 0 Å². The molecule has 0 saturated heterocycles. The maximum Gasteiger partial charge on any atom is 0.280 e. The van der Waals surface area contributed by atoms with Gasteiger partial charge in [-0.3, -0.25) is 4.79 Å². The number of fused-ring (bicyclic) bond motifs is 1. The molecule has 0 radical (unpaired) electrons.